The molecule has 3 heteroatoms. The first-order valence-electron chi connectivity index (χ1n) is 5.77. The van der Waals surface area contributed by atoms with Crippen LogP contribution >= 0.6 is 0 Å². The molecule has 0 radical (unpaired) electrons. The number of nitrogens with zero attached hydrogens (tertiary/aromatic N) is 2. The van der Waals surface area contributed by atoms with Crippen LogP contribution in [0.2, 0.25) is 0 Å². The van der Waals surface area contributed by atoms with Crippen LogP contribution in [0.5, 0.6) is 0 Å². The van der Waals surface area contributed by atoms with E-state index >= 15 is 0 Å². The van der Waals surface area contributed by atoms with Gasteiger partial charge in [0.15, 0.2) is 0 Å². The zero-order valence-electron chi connectivity index (χ0n) is 10.9. The van der Waals surface area contributed by atoms with Crippen LogP contribution in [0, 0.1) is 0 Å². The fourth-order valence-corrected chi connectivity index (χ4v) is 2.49. The Kier molecular flexibility index (Phi) is 3.44. The van der Waals surface area contributed by atoms with E-state index in [4.69, 9.17) is 0 Å². The molecule has 88 valence electrons. The lowest BCUT2D eigenvalue weighted by Gasteiger charge is -2.49. The molecule has 1 saturated heterocycles. The van der Waals surface area contributed by atoms with E-state index in [1.807, 2.05) is 4.90 Å². The van der Waals surface area contributed by atoms with Gasteiger partial charge >= 0.3 is 0 Å². The van der Waals surface area contributed by atoms with E-state index in [0.29, 0.717) is 12.1 Å². The molecule has 0 aliphatic carbocycles. The quantitative estimate of drug-likeness (QED) is 0.610. The van der Waals surface area contributed by atoms with Gasteiger partial charge in [-0.25, -0.2) is 0 Å². The zero-order valence-corrected chi connectivity index (χ0v) is 10.9. The molecule has 1 rings (SSSR count). The first-order chi connectivity index (χ1) is 6.73. The van der Waals surface area contributed by atoms with E-state index in [1.165, 1.54) is 0 Å². The molecule has 1 fully saturated rings. The van der Waals surface area contributed by atoms with Crippen molar-refractivity contribution in [3.05, 3.63) is 0 Å². The molecule has 1 aliphatic heterocycles. The average Bonchev–Trinajstić information content (AvgIpc) is 1.99. The highest BCUT2D eigenvalue weighted by molar-refractivity contribution is 5.74. The van der Waals surface area contributed by atoms with Crippen molar-refractivity contribution in [3.8, 4) is 0 Å². The average molecular weight is 212 g/mol. The summed E-state index contributed by atoms with van der Waals surface area (Å²) >= 11 is 0. The number of carbonyl (C=O) groups excluding carboxylic acids is 1. The van der Waals surface area contributed by atoms with E-state index in [-0.39, 0.29) is 11.4 Å². The highest BCUT2D eigenvalue weighted by Crippen LogP contribution is 2.22. The zero-order chi connectivity index (χ0) is 11.8. The molecule has 0 bridgehead atoms. The summed E-state index contributed by atoms with van der Waals surface area (Å²) in [5, 5.41) is 0. The van der Waals surface area contributed by atoms with Crippen molar-refractivity contribution >= 4 is 5.91 Å². The SMILES string of the molecule is CC(=O)N1C(C)CN(C(C)(C)C)CC1C. The van der Waals surface area contributed by atoms with Crippen LogP contribution in [0.4, 0.5) is 0 Å². The summed E-state index contributed by atoms with van der Waals surface area (Å²) in [5.74, 6) is 0.198. The van der Waals surface area contributed by atoms with Gasteiger partial charge in [-0.3, -0.25) is 9.69 Å². The number of piperazine rings is 1. The summed E-state index contributed by atoms with van der Waals surface area (Å²) in [7, 11) is 0. The molecule has 0 saturated carbocycles. The molecule has 0 aromatic heterocycles. The third-order valence-corrected chi connectivity index (χ3v) is 3.23. The van der Waals surface area contributed by atoms with E-state index in [0.717, 1.165) is 13.1 Å². The van der Waals surface area contributed by atoms with E-state index in [2.05, 4.69) is 39.5 Å². The van der Waals surface area contributed by atoms with Crippen molar-refractivity contribution in [2.45, 2.75) is 59.2 Å². The molecule has 2 atom stereocenters. The summed E-state index contributed by atoms with van der Waals surface area (Å²) in [4.78, 5) is 15.9. The normalized spacial score (nSPS) is 29.3. The Balaban J connectivity index is 2.75. The molecule has 1 amide bonds. The van der Waals surface area contributed by atoms with Gasteiger partial charge < -0.3 is 4.90 Å². The van der Waals surface area contributed by atoms with Gasteiger partial charge in [0.1, 0.15) is 0 Å². The summed E-state index contributed by atoms with van der Waals surface area (Å²) in [6, 6.07) is 0.649. The van der Waals surface area contributed by atoms with Crippen molar-refractivity contribution in [3.63, 3.8) is 0 Å². The van der Waals surface area contributed by atoms with Crippen LogP contribution < -0.4 is 0 Å². The van der Waals surface area contributed by atoms with Gasteiger partial charge in [0, 0.05) is 37.6 Å². The monoisotopic (exact) mass is 212 g/mol. The fraction of sp³-hybridized carbons (Fsp3) is 0.917. The standard InChI is InChI=1S/C12H24N2O/c1-9-7-13(12(4,5)6)8-10(2)14(9)11(3)15/h9-10H,7-8H2,1-6H3. The van der Waals surface area contributed by atoms with Crippen LogP contribution in [0.15, 0.2) is 0 Å². The van der Waals surface area contributed by atoms with E-state index in [1.54, 1.807) is 6.92 Å². The summed E-state index contributed by atoms with van der Waals surface area (Å²) in [6.45, 7) is 14.6. The third kappa shape index (κ3) is 2.71. The minimum absolute atomic E-state index is 0.198. The largest absolute Gasteiger partial charge is 0.335 e. The molecule has 0 aromatic rings. The maximum absolute atomic E-state index is 11.5. The van der Waals surface area contributed by atoms with Crippen LogP contribution in [0.25, 0.3) is 0 Å². The molecule has 15 heavy (non-hydrogen) atoms. The first-order valence-corrected chi connectivity index (χ1v) is 5.77. The smallest absolute Gasteiger partial charge is 0.220 e. The number of amides is 1. The van der Waals surface area contributed by atoms with Gasteiger partial charge in [0.05, 0.1) is 0 Å². The Morgan fingerprint density at radius 3 is 1.80 bits per heavy atom. The second kappa shape index (κ2) is 4.12. The Labute approximate surface area is 93.4 Å². The van der Waals surface area contributed by atoms with Crippen molar-refractivity contribution in [2.24, 2.45) is 0 Å². The van der Waals surface area contributed by atoms with Crippen molar-refractivity contribution in [1.29, 1.82) is 0 Å². The minimum Gasteiger partial charge on any atom is -0.335 e. The van der Waals surface area contributed by atoms with Gasteiger partial charge in [-0.15, -0.1) is 0 Å². The highest BCUT2D eigenvalue weighted by atomic mass is 16.2. The molecular weight excluding hydrogens is 188 g/mol. The Hall–Kier alpha value is -0.570. The number of hydrogen-bond donors (Lipinski definition) is 0. The van der Waals surface area contributed by atoms with E-state index in [9.17, 15) is 4.79 Å². The lowest BCUT2D eigenvalue weighted by molar-refractivity contribution is -0.138. The molecule has 1 aliphatic rings. The number of hydrogen-bond acceptors (Lipinski definition) is 2. The number of rotatable bonds is 0. The van der Waals surface area contributed by atoms with Crippen LogP contribution in [0.3, 0.4) is 0 Å². The van der Waals surface area contributed by atoms with Crippen molar-refractivity contribution in [2.75, 3.05) is 13.1 Å². The maximum atomic E-state index is 11.5. The maximum Gasteiger partial charge on any atom is 0.220 e. The second-order valence-electron chi connectivity index (χ2n) is 5.70. The lowest BCUT2D eigenvalue weighted by atomic mass is 9.99. The highest BCUT2D eigenvalue weighted by Gasteiger charge is 2.35. The molecular formula is C12H24N2O. The minimum atomic E-state index is 0.198. The Bertz CT molecular complexity index is 232. The first kappa shape index (κ1) is 12.5. The molecule has 0 aromatic carbocycles. The molecule has 0 spiro atoms. The van der Waals surface area contributed by atoms with Crippen LogP contribution in [-0.2, 0) is 4.79 Å². The number of carbonyl (C=O) groups is 1. The lowest BCUT2D eigenvalue weighted by Crippen LogP contribution is -2.62. The Morgan fingerprint density at radius 1 is 1.13 bits per heavy atom. The van der Waals surface area contributed by atoms with Gasteiger partial charge in [-0.05, 0) is 34.6 Å². The van der Waals surface area contributed by atoms with Gasteiger partial charge in [0.25, 0.3) is 0 Å². The summed E-state index contributed by atoms with van der Waals surface area (Å²) < 4.78 is 0. The second-order valence-corrected chi connectivity index (χ2v) is 5.70. The summed E-state index contributed by atoms with van der Waals surface area (Å²) in [5.41, 5.74) is 0.200. The van der Waals surface area contributed by atoms with Crippen molar-refractivity contribution in [1.82, 2.24) is 9.80 Å². The van der Waals surface area contributed by atoms with Crippen LogP contribution in [-0.4, -0.2) is 46.4 Å². The predicted molar refractivity (Wildman–Crippen MR) is 62.8 cm³/mol. The molecule has 1 heterocycles. The van der Waals surface area contributed by atoms with Gasteiger partial charge in [-0.1, -0.05) is 0 Å². The van der Waals surface area contributed by atoms with Crippen molar-refractivity contribution < 1.29 is 4.79 Å². The third-order valence-electron chi connectivity index (χ3n) is 3.23. The fourth-order valence-electron chi connectivity index (χ4n) is 2.49. The predicted octanol–water partition coefficient (Wildman–Crippen LogP) is 1.73. The van der Waals surface area contributed by atoms with Gasteiger partial charge in [0.2, 0.25) is 5.91 Å². The molecule has 2 unspecified atom stereocenters. The van der Waals surface area contributed by atoms with E-state index < -0.39 is 0 Å². The van der Waals surface area contributed by atoms with Crippen LogP contribution in [0.1, 0.15) is 41.5 Å². The summed E-state index contributed by atoms with van der Waals surface area (Å²) in [6.07, 6.45) is 0. The van der Waals surface area contributed by atoms with Gasteiger partial charge in [-0.2, -0.15) is 0 Å². The topological polar surface area (TPSA) is 23.6 Å². The molecule has 3 nitrogen and oxygen atoms in total. The molecule has 0 N–H and O–H groups in total. The Morgan fingerprint density at radius 2 is 1.53 bits per heavy atom.